The molecule has 12 saturated heterocycles. The number of hydrogen-bond donors (Lipinski definition) is 2. The molecule has 8 saturated carbocycles. The van der Waals surface area contributed by atoms with Crippen LogP contribution in [0, 0.1) is 47.3 Å². The Kier molecular flexibility index (Phi) is 3.59. The Morgan fingerprint density at radius 3 is 1.42 bits per heavy atom. The van der Waals surface area contributed by atoms with Crippen molar-refractivity contribution in [2.24, 2.45) is 47.3 Å². The Hall–Kier alpha value is -0.261. The molecular weight excluding hydrogens is 794 g/mol. The van der Waals surface area contributed by atoms with Crippen LogP contribution in [0.15, 0.2) is 60.7 Å². The fourth-order valence-electron chi connectivity index (χ4n) is 35.3. The molecule has 0 aromatic heterocycles. The molecule has 12 aliphatic heterocycles. The molecule has 2 aromatic rings. The van der Waals surface area contributed by atoms with Crippen molar-refractivity contribution in [3.05, 3.63) is 71.8 Å². The van der Waals surface area contributed by atoms with Gasteiger partial charge >= 0.3 is 350 Å². The first-order valence-electron chi connectivity index (χ1n) is 26.1. The summed E-state index contributed by atoms with van der Waals surface area (Å²) in [6.45, 7) is -2.23. The van der Waals surface area contributed by atoms with E-state index in [-0.39, 0.29) is 7.92 Å². The molecule has 8 atom stereocenters. The van der Waals surface area contributed by atoms with Crippen molar-refractivity contribution in [1.29, 1.82) is 0 Å². The first kappa shape index (κ1) is 32.4. The molecule has 8 unspecified atom stereocenters. The molecule has 2 aromatic carbocycles. The molecule has 2 N–H and O–H groups in total. The zero-order chi connectivity index (χ0) is 37.9. The molecular formula is C54H70FeN2P2. The summed E-state index contributed by atoms with van der Waals surface area (Å²) in [6.07, 6.45) is 26.9. The van der Waals surface area contributed by atoms with E-state index >= 15 is 0 Å². The summed E-state index contributed by atoms with van der Waals surface area (Å²) in [5, 5.41) is 9.41. The summed E-state index contributed by atoms with van der Waals surface area (Å²) < 4.78 is 2.52. The van der Waals surface area contributed by atoms with E-state index in [4.69, 9.17) is 0 Å². The van der Waals surface area contributed by atoms with Gasteiger partial charge in [-0.15, -0.1) is 0 Å². The molecule has 20 fully saturated rings. The van der Waals surface area contributed by atoms with Crippen molar-refractivity contribution in [2.45, 2.75) is 177 Å². The van der Waals surface area contributed by atoms with E-state index in [2.05, 4.69) is 80.5 Å². The summed E-state index contributed by atoms with van der Waals surface area (Å²) in [4.78, 5) is 7.26. The quantitative estimate of drug-likeness (QED) is 0.194. The van der Waals surface area contributed by atoms with Crippen LogP contribution < -0.4 is 10.6 Å². The van der Waals surface area contributed by atoms with Crippen LogP contribution in [0.4, 0.5) is 0 Å². The summed E-state index contributed by atoms with van der Waals surface area (Å²) in [5.41, 5.74) is 6.19. The van der Waals surface area contributed by atoms with Crippen LogP contribution >= 0.6 is 17.2 Å². The second-order valence-corrected chi connectivity index (χ2v) is 54.4. The number of hydrogen-bond acceptors (Lipinski definition) is 2. The number of nitrogens with one attached hydrogen (secondary N) is 2. The monoisotopic (exact) mass is 864 g/mol. The Labute approximate surface area is 348 Å². The van der Waals surface area contributed by atoms with Gasteiger partial charge in [0.2, 0.25) is 0 Å². The molecule has 5 heteroatoms. The van der Waals surface area contributed by atoms with Crippen molar-refractivity contribution in [2.75, 3.05) is 19.3 Å². The Morgan fingerprint density at radius 1 is 0.576 bits per heavy atom. The molecule has 8 aliphatic carbocycles. The number of piperidine rings is 2. The zero-order valence-corrected chi connectivity index (χ0v) is 38.6. The summed E-state index contributed by atoms with van der Waals surface area (Å²) in [5.74, 6) is 8.84. The van der Waals surface area contributed by atoms with Crippen molar-refractivity contribution in [3.8, 4) is 0 Å². The van der Waals surface area contributed by atoms with E-state index in [1.54, 1.807) is 64.2 Å². The third-order valence-corrected chi connectivity index (χ3v) is 82.1. The van der Waals surface area contributed by atoms with E-state index in [0.717, 1.165) is 63.5 Å². The zero-order valence-electron chi connectivity index (χ0n) is 35.5. The van der Waals surface area contributed by atoms with Gasteiger partial charge in [0.15, 0.2) is 0 Å². The average Bonchev–Trinajstić information content (AvgIpc) is 4.22. The first-order chi connectivity index (χ1) is 28.8. The molecule has 314 valence electrons. The topological polar surface area (TPSA) is 24.1 Å². The Balaban J connectivity index is 0.905. The van der Waals surface area contributed by atoms with Crippen LogP contribution in [0.5, 0.6) is 0 Å². The van der Waals surface area contributed by atoms with Gasteiger partial charge in [-0.05, 0) is 0 Å². The van der Waals surface area contributed by atoms with Gasteiger partial charge in [0.1, 0.15) is 0 Å². The van der Waals surface area contributed by atoms with E-state index in [1.807, 2.05) is 17.3 Å². The molecule has 12 heterocycles. The minimum absolute atomic E-state index is 0.00896. The van der Waals surface area contributed by atoms with Crippen molar-refractivity contribution in [3.63, 3.8) is 0 Å². The van der Waals surface area contributed by atoms with Crippen LogP contribution in [0.25, 0.3) is 0 Å². The number of benzene rings is 2. The Morgan fingerprint density at radius 2 is 1.02 bits per heavy atom. The predicted octanol–water partition coefficient (Wildman–Crippen LogP) is 12.4. The third-order valence-electron chi connectivity index (χ3n) is 31.8. The normalized spacial score (nSPS) is 72.4. The average molecular weight is 865 g/mol. The van der Waals surface area contributed by atoms with Crippen LogP contribution in [0.2, 0.25) is 37.5 Å². The van der Waals surface area contributed by atoms with Crippen LogP contribution in [0.1, 0.15) is 114 Å². The molecule has 2 nitrogen and oxygen atoms in total. The van der Waals surface area contributed by atoms with E-state index in [1.165, 1.54) is 75.7 Å². The minimum atomic E-state index is -4.78. The molecule has 0 amide bonds. The number of rotatable bonds is 9. The summed E-state index contributed by atoms with van der Waals surface area (Å²) >= 11 is 0. The van der Waals surface area contributed by atoms with Gasteiger partial charge in [-0.25, -0.2) is 0 Å². The van der Waals surface area contributed by atoms with Gasteiger partial charge in [-0.1, -0.05) is 0 Å². The van der Waals surface area contributed by atoms with Gasteiger partial charge < -0.3 is 0 Å². The third kappa shape index (κ3) is 1.19. The van der Waals surface area contributed by atoms with Crippen molar-refractivity contribution >= 4 is 17.2 Å². The van der Waals surface area contributed by atoms with Crippen LogP contribution in [-0.2, 0) is 15.1 Å². The first-order valence-corrected chi connectivity index (χ1v) is 34.4. The molecule has 59 heavy (non-hydrogen) atoms. The van der Waals surface area contributed by atoms with Gasteiger partial charge in [0, 0.05) is 0 Å². The van der Waals surface area contributed by atoms with Crippen LogP contribution in [0.3, 0.4) is 0 Å². The van der Waals surface area contributed by atoms with E-state index in [9.17, 15) is 0 Å². The van der Waals surface area contributed by atoms with Gasteiger partial charge in [-0.3, -0.25) is 0 Å². The molecule has 1 spiro atoms. The fraction of sp³-hybridized carbons (Fsp3) is 0.778. The molecule has 20 aliphatic rings. The summed E-state index contributed by atoms with van der Waals surface area (Å²) in [6, 6.07) is 27.7. The van der Waals surface area contributed by atoms with Gasteiger partial charge in [0.05, 0.1) is 0 Å². The van der Waals surface area contributed by atoms with Gasteiger partial charge in [0.25, 0.3) is 0 Å². The summed E-state index contributed by atoms with van der Waals surface area (Å²) in [7, 11) is 4.15. The SMILES string of the molecule is PC(C1CCCCN1)(C1CCCCN1)[C]12[CH]3[C]4(c5ccccc5)[C]5(c6ccccc6)[C]1(CP(C1C6CC7CC(C6)CC1C7)C1C6CC7CC(C6)CC1C7)[Fe]34521678[CH]2[CH]1[CH]6[CH]7[CH]28. The van der Waals surface area contributed by atoms with Crippen LogP contribution in [-0.4, -0.2) is 47.8 Å². The standard InChI is InChI=1S/C49H65N2P2.C5H5.Fe/c52-49(44-15-7-9-17-50-44,45-16-8-10-18-51-45)43-29-41(35-11-3-1-4-12-35)46(36-13-5-2-6-14-36)42(43)30-53(47-37-21-31-19-32(23-37)24-38(47)22-31)48-39-25-33-20-34(27-39)28-40(48)26-33;1-2-4-5-3-1;/h1-6,11-14,29,31-34,37-40,44-45,47-48,50-51H,7-10,15-28,30,52H2;1-5H;. The molecule has 0 radical (unpaired) electrons. The maximum absolute atomic E-state index is 4.78. The number of fused-ring (bicyclic) bond motifs is 10. The van der Waals surface area contributed by atoms with Gasteiger partial charge in [-0.2, -0.15) is 0 Å². The molecule has 8 bridgehead atoms. The fourth-order valence-corrected chi connectivity index (χ4v) is 128. The Bertz CT molecular complexity index is 2590. The second-order valence-electron chi connectivity index (χ2n) is 28.2. The molecule has 22 rings (SSSR count). The van der Waals surface area contributed by atoms with Crippen molar-refractivity contribution < 1.29 is 6.51 Å². The second kappa shape index (κ2) is 6.53. The van der Waals surface area contributed by atoms with E-state index in [0.29, 0.717) is 34.5 Å². The van der Waals surface area contributed by atoms with E-state index < -0.39 is 6.51 Å². The predicted molar refractivity (Wildman–Crippen MR) is 241 cm³/mol. The van der Waals surface area contributed by atoms with Crippen molar-refractivity contribution in [1.82, 2.24) is 10.6 Å². The maximum atomic E-state index is 4.54.